The summed E-state index contributed by atoms with van der Waals surface area (Å²) in [5.41, 5.74) is 5.58. The third-order valence-electron chi connectivity index (χ3n) is 5.93. The van der Waals surface area contributed by atoms with Crippen molar-refractivity contribution in [3.63, 3.8) is 0 Å². The number of anilines is 2. The molecule has 0 aliphatic carbocycles. The fourth-order valence-electron chi connectivity index (χ4n) is 4.34. The van der Waals surface area contributed by atoms with Crippen LogP contribution in [0.2, 0.25) is 0 Å². The van der Waals surface area contributed by atoms with Crippen molar-refractivity contribution in [3.8, 4) is 0 Å². The second-order valence-corrected chi connectivity index (χ2v) is 8.32. The molecule has 2 aliphatic heterocycles. The van der Waals surface area contributed by atoms with Crippen LogP contribution in [0.3, 0.4) is 0 Å². The third-order valence-corrected chi connectivity index (χ3v) is 5.93. The lowest BCUT2D eigenvalue weighted by molar-refractivity contribution is 0.0963. The van der Waals surface area contributed by atoms with E-state index in [1.54, 1.807) is 7.05 Å². The number of nitrogens with one attached hydrogen (secondary N) is 2. The van der Waals surface area contributed by atoms with Gasteiger partial charge in [0.05, 0.1) is 19.3 Å². The molecule has 0 radical (unpaired) electrons. The van der Waals surface area contributed by atoms with Crippen LogP contribution >= 0.6 is 0 Å². The van der Waals surface area contributed by atoms with Crippen LogP contribution in [0.4, 0.5) is 11.4 Å². The average molecular weight is 380 g/mol. The zero-order chi connectivity index (χ0) is 19.7. The summed E-state index contributed by atoms with van der Waals surface area (Å²) in [4.78, 5) is 14.4. The number of ether oxygens (including phenoxy) is 1. The number of hydrogen-bond acceptors (Lipinski definition) is 4. The van der Waals surface area contributed by atoms with Gasteiger partial charge >= 0.3 is 0 Å². The Kier molecular flexibility index (Phi) is 5.02. The Morgan fingerprint density at radius 1 is 1.18 bits per heavy atom. The SMILES string of the molecule is CNC(=O)c1ccc2c(c1)C(C)(C)CC(c1cccc(N3CCOCC3)c1)N2. The number of fused-ring (bicyclic) bond motifs is 1. The number of carbonyl (C=O) groups is 1. The molecule has 5 nitrogen and oxygen atoms in total. The number of nitrogens with zero attached hydrogens (tertiary/aromatic N) is 1. The maximum absolute atomic E-state index is 12.0. The van der Waals surface area contributed by atoms with E-state index in [-0.39, 0.29) is 17.4 Å². The van der Waals surface area contributed by atoms with E-state index in [1.807, 2.05) is 18.2 Å². The van der Waals surface area contributed by atoms with Crippen LogP contribution in [-0.2, 0) is 10.2 Å². The van der Waals surface area contributed by atoms with Gasteiger partial charge < -0.3 is 20.3 Å². The predicted octanol–water partition coefficient (Wildman–Crippen LogP) is 3.72. The fourth-order valence-corrected chi connectivity index (χ4v) is 4.34. The molecule has 0 saturated carbocycles. The van der Waals surface area contributed by atoms with Gasteiger partial charge in [-0.05, 0) is 53.3 Å². The number of morpholine rings is 1. The van der Waals surface area contributed by atoms with E-state index in [0.717, 1.165) is 38.4 Å². The third kappa shape index (κ3) is 3.59. The standard InChI is InChI=1S/C23H29N3O2/c1-23(2)15-21(25-20-8-7-17(14-19(20)23)22(27)24-3)16-5-4-6-18(13-16)26-9-11-28-12-10-26/h4-8,13-14,21,25H,9-12,15H2,1-3H3,(H,24,27). The van der Waals surface area contributed by atoms with Crippen molar-refractivity contribution in [1.82, 2.24) is 5.32 Å². The van der Waals surface area contributed by atoms with Crippen molar-refractivity contribution < 1.29 is 9.53 Å². The van der Waals surface area contributed by atoms with E-state index in [0.29, 0.717) is 5.56 Å². The summed E-state index contributed by atoms with van der Waals surface area (Å²) in [5.74, 6) is -0.0427. The molecular formula is C23H29N3O2. The monoisotopic (exact) mass is 379 g/mol. The average Bonchev–Trinajstić information content (AvgIpc) is 2.73. The van der Waals surface area contributed by atoms with E-state index in [2.05, 4.69) is 53.6 Å². The molecule has 5 heteroatoms. The largest absolute Gasteiger partial charge is 0.378 e. The van der Waals surface area contributed by atoms with Crippen molar-refractivity contribution in [1.29, 1.82) is 0 Å². The molecule has 0 spiro atoms. The summed E-state index contributed by atoms with van der Waals surface area (Å²) in [5, 5.41) is 6.42. The van der Waals surface area contributed by atoms with E-state index in [9.17, 15) is 4.79 Å². The predicted molar refractivity (Wildman–Crippen MR) is 113 cm³/mol. The minimum Gasteiger partial charge on any atom is -0.378 e. The molecule has 1 saturated heterocycles. The quantitative estimate of drug-likeness (QED) is 0.854. The second kappa shape index (κ2) is 7.47. The molecule has 28 heavy (non-hydrogen) atoms. The molecule has 0 aromatic heterocycles. The Bertz CT molecular complexity index is 872. The van der Waals surface area contributed by atoms with Crippen LogP contribution < -0.4 is 15.5 Å². The number of hydrogen-bond donors (Lipinski definition) is 2. The molecule has 2 aliphatic rings. The van der Waals surface area contributed by atoms with Crippen molar-refractivity contribution in [2.45, 2.75) is 31.7 Å². The normalized spacial score (nSPS) is 20.8. The van der Waals surface area contributed by atoms with Crippen molar-refractivity contribution in [2.24, 2.45) is 0 Å². The first-order chi connectivity index (χ1) is 13.5. The molecule has 4 rings (SSSR count). The highest BCUT2D eigenvalue weighted by Crippen LogP contribution is 2.44. The van der Waals surface area contributed by atoms with Gasteiger partial charge in [-0.1, -0.05) is 26.0 Å². The molecular weight excluding hydrogens is 350 g/mol. The van der Waals surface area contributed by atoms with Crippen LogP contribution in [0.15, 0.2) is 42.5 Å². The Labute approximate surface area is 167 Å². The number of rotatable bonds is 3. The number of amides is 1. The first-order valence-electron chi connectivity index (χ1n) is 10.0. The van der Waals surface area contributed by atoms with E-state index in [4.69, 9.17) is 4.74 Å². The summed E-state index contributed by atoms with van der Waals surface area (Å²) in [6.07, 6.45) is 0.976. The van der Waals surface area contributed by atoms with Gasteiger partial charge in [-0.25, -0.2) is 0 Å². The summed E-state index contributed by atoms with van der Waals surface area (Å²) in [7, 11) is 1.67. The molecule has 1 unspecified atom stereocenters. The molecule has 1 atom stereocenters. The highest BCUT2D eigenvalue weighted by Gasteiger charge is 2.34. The van der Waals surface area contributed by atoms with E-state index in [1.165, 1.54) is 16.8 Å². The zero-order valence-corrected chi connectivity index (χ0v) is 16.9. The Balaban J connectivity index is 1.62. The smallest absolute Gasteiger partial charge is 0.251 e. The molecule has 2 aromatic rings. The van der Waals surface area contributed by atoms with Crippen LogP contribution in [0, 0.1) is 0 Å². The van der Waals surface area contributed by atoms with Crippen LogP contribution in [0.5, 0.6) is 0 Å². The van der Waals surface area contributed by atoms with Crippen molar-refractivity contribution in [3.05, 3.63) is 59.2 Å². The molecule has 148 valence electrons. The van der Waals surface area contributed by atoms with Gasteiger partial charge in [0, 0.05) is 37.1 Å². The van der Waals surface area contributed by atoms with Crippen LogP contribution in [0.1, 0.15) is 47.8 Å². The molecule has 1 amide bonds. The Hall–Kier alpha value is -2.53. The molecule has 1 fully saturated rings. The van der Waals surface area contributed by atoms with Gasteiger partial charge in [0.2, 0.25) is 0 Å². The topological polar surface area (TPSA) is 53.6 Å². The summed E-state index contributed by atoms with van der Waals surface area (Å²) in [6, 6.07) is 15.1. The lowest BCUT2D eigenvalue weighted by Gasteiger charge is -2.39. The van der Waals surface area contributed by atoms with Crippen LogP contribution in [-0.4, -0.2) is 39.3 Å². The maximum atomic E-state index is 12.0. The van der Waals surface area contributed by atoms with Gasteiger partial charge in [-0.2, -0.15) is 0 Å². The summed E-state index contributed by atoms with van der Waals surface area (Å²) in [6.45, 7) is 7.99. The van der Waals surface area contributed by atoms with Crippen molar-refractivity contribution in [2.75, 3.05) is 43.6 Å². The molecule has 0 bridgehead atoms. The van der Waals surface area contributed by atoms with Gasteiger partial charge in [0.1, 0.15) is 0 Å². The Morgan fingerprint density at radius 2 is 1.96 bits per heavy atom. The fraction of sp³-hybridized carbons (Fsp3) is 0.435. The first kappa shape index (κ1) is 18.8. The van der Waals surface area contributed by atoms with Gasteiger partial charge in [-0.3, -0.25) is 4.79 Å². The van der Waals surface area contributed by atoms with Crippen molar-refractivity contribution >= 4 is 17.3 Å². The number of benzene rings is 2. The van der Waals surface area contributed by atoms with E-state index < -0.39 is 0 Å². The lowest BCUT2D eigenvalue weighted by atomic mass is 9.73. The van der Waals surface area contributed by atoms with E-state index >= 15 is 0 Å². The highest BCUT2D eigenvalue weighted by atomic mass is 16.5. The minimum absolute atomic E-state index is 0.0236. The highest BCUT2D eigenvalue weighted by molar-refractivity contribution is 5.94. The Morgan fingerprint density at radius 3 is 2.71 bits per heavy atom. The lowest BCUT2D eigenvalue weighted by Crippen LogP contribution is -2.36. The maximum Gasteiger partial charge on any atom is 0.251 e. The van der Waals surface area contributed by atoms with Gasteiger partial charge in [-0.15, -0.1) is 0 Å². The molecule has 2 aromatic carbocycles. The summed E-state index contributed by atoms with van der Waals surface area (Å²) >= 11 is 0. The van der Waals surface area contributed by atoms with Gasteiger partial charge in [0.15, 0.2) is 0 Å². The zero-order valence-electron chi connectivity index (χ0n) is 16.9. The summed E-state index contributed by atoms with van der Waals surface area (Å²) < 4.78 is 5.49. The number of carbonyl (C=O) groups excluding carboxylic acids is 1. The van der Waals surface area contributed by atoms with Gasteiger partial charge in [0.25, 0.3) is 5.91 Å². The minimum atomic E-state index is -0.0427. The molecule has 2 N–H and O–H groups in total. The van der Waals surface area contributed by atoms with Crippen LogP contribution in [0.25, 0.3) is 0 Å². The molecule has 2 heterocycles. The second-order valence-electron chi connectivity index (χ2n) is 8.32. The first-order valence-corrected chi connectivity index (χ1v) is 10.0.